The zero-order valence-corrected chi connectivity index (χ0v) is 12.9. The van der Waals surface area contributed by atoms with Crippen LogP contribution in [0.3, 0.4) is 0 Å². The van der Waals surface area contributed by atoms with Gasteiger partial charge in [-0.2, -0.15) is 0 Å². The van der Waals surface area contributed by atoms with Gasteiger partial charge in [0.05, 0.1) is 18.3 Å². The van der Waals surface area contributed by atoms with Crippen molar-refractivity contribution in [1.29, 1.82) is 0 Å². The van der Waals surface area contributed by atoms with Crippen LogP contribution >= 0.6 is 0 Å². The molecule has 1 N–H and O–H groups in total. The fourth-order valence-corrected chi connectivity index (χ4v) is 2.45. The van der Waals surface area contributed by atoms with Crippen LogP contribution in [0.1, 0.15) is 26.0 Å². The summed E-state index contributed by atoms with van der Waals surface area (Å²) >= 11 is 0. The van der Waals surface area contributed by atoms with Gasteiger partial charge in [0.2, 0.25) is 0 Å². The fraction of sp³-hybridized carbons (Fsp3) is 0.857. The first kappa shape index (κ1) is 15.4. The molecule has 114 valence electrons. The number of nitrogens with zero attached hydrogens (tertiary/aromatic N) is 4. The largest absolute Gasteiger partial charge is 0.380 e. The molecule has 1 atom stereocenters. The molecule has 0 amide bonds. The number of aromatic nitrogens is 3. The van der Waals surface area contributed by atoms with E-state index in [2.05, 4.69) is 34.4 Å². The van der Waals surface area contributed by atoms with Gasteiger partial charge in [-0.25, -0.2) is 0 Å². The van der Waals surface area contributed by atoms with Crippen LogP contribution < -0.4 is 5.32 Å². The average Bonchev–Trinajstić information content (AvgIpc) is 3.04. The second-order valence-electron chi connectivity index (χ2n) is 5.94. The lowest BCUT2D eigenvalue weighted by Crippen LogP contribution is -2.26. The predicted molar refractivity (Wildman–Crippen MR) is 78.4 cm³/mol. The van der Waals surface area contributed by atoms with Crippen molar-refractivity contribution in [3.8, 4) is 0 Å². The molecule has 0 aliphatic carbocycles. The summed E-state index contributed by atoms with van der Waals surface area (Å²) in [5.41, 5.74) is 1.02. The van der Waals surface area contributed by atoms with Crippen molar-refractivity contribution in [3.05, 3.63) is 11.9 Å². The van der Waals surface area contributed by atoms with Crippen molar-refractivity contribution < 1.29 is 4.74 Å². The third-order valence-corrected chi connectivity index (χ3v) is 3.65. The number of hydrogen-bond acceptors (Lipinski definition) is 5. The Labute approximate surface area is 121 Å². The van der Waals surface area contributed by atoms with Gasteiger partial charge in [0.25, 0.3) is 0 Å². The van der Waals surface area contributed by atoms with Gasteiger partial charge in [-0.1, -0.05) is 19.1 Å². The molecule has 1 aliphatic heterocycles. The molecular weight excluding hydrogens is 254 g/mol. The highest BCUT2D eigenvalue weighted by atomic mass is 16.5. The van der Waals surface area contributed by atoms with Gasteiger partial charge in [-0.3, -0.25) is 9.58 Å². The first-order valence-electron chi connectivity index (χ1n) is 7.52. The summed E-state index contributed by atoms with van der Waals surface area (Å²) in [6.07, 6.45) is 3.58. The lowest BCUT2D eigenvalue weighted by Gasteiger charge is -2.14. The molecule has 1 unspecified atom stereocenters. The molecule has 0 aromatic carbocycles. The Bertz CT molecular complexity index is 393. The number of nitrogens with one attached hydrogen (secondary N) is 1. The third kappa shape index (κ3) is 4.85. The Hall–Kier alpha value is -0.980. The highest BCUT2D eigenvalue weighted by molar-refractivity contribution is 4.91. The quantitative estimate of drug-likeness (QED) is 0.762. The van der Waals surface area contributed by atoms with E-state index in [0.29, 0.717) is 12.0 Å². The van der Waals surface area contributed by atoms with Gasteiger partial charge in [-0.05, 0) is 18.9 Å². The normalized spacial score (nSPS) is 20.1. The van der Waals surface area contributed by atoms with Crippen molar-refractivity contribution in [2.75, 3.05) is 33.3 Å². The summed E-state index contributed by atoms with van der Waals surface area (Å²) in [5.74, 6) is 0.661. The Kier molecular flexibility index (Phi) is 5.94. The minimum absolute atomic E-state index is 0.404. The van der Waals surface area contributed by atoms with E-state index in [1.165, 1.54) is 0 Å². The summed E-state index contributed by atoms with van der Waals surface area (Å²) in [4.78, 5) is 2.42. The highest BCUT2D eigenvalue weighted by Crippen LogP contribution is 2.11. The lowest BCUT2D eigenvalue weighted by molar-refractivity contribution is 0.107. The molecule has 1 aromatic heterocycles. The zero-order chi connectivity index (χ0) is 14.4. The second-order valence-corrected chi connectivity index (χ2v) is 5.94. The first-order chi connectivity index (χ1) is 9.67. The minimum Gasteiger partial charge on any atom is -0.380 e. The summed E-state index contributed by atoms with van der Waals surface area (Å²) in [7, 11) is 1.79. The summed E-state index contributed by atoms with van der Waals surface area (Å²) in [6, 6.07) is 0. The number of hydrogen-bond donors (Lipinski definition) is 1. The molecule has 0 bridgehead atoms. The van der Waals surface area contributed by atoms with Crippen molar-refractivity contribution in [2.45, 2.75) is 39.5 Å². The number of likely N-dealkylation sites (tertiary alicyclic amines) is 1. The number of rotatable bonds is 8. The molecule has 20 heavy (non-hydrogen) atoms. The molecule has 6 heteroatoms. The SMILES string of the molecule is COC1CCN(CCn2cc(CNCC(C)C)nn2)C1. The Morgan fingerprint density at radius 3 is 3.00 bits per heavy atom. The Balaban J connectivity index is 1.67. The molecular formula is C14H27N5O. The molecule has 6 nitrogen and oxygen atoms in total. The zero-order valence-electron chi connectivity index (χ0n) is 12.9. The smallest absolute Gasteiger partial charge is 0.0964 e. The number of ether oxygens (including phenoxy) is 1. The van der Waals surface area contributed by atoms with Gasteiger partial charge in [-0.15, -0.1) is 5.10 Å². The van der Waals surface area contributed by atoms with Crippen LogP contribution in [-0.2, 0) is 17.8 Å². The van der Waals surface area contributed by atoms with Crippen LogP contribution in [0, 0.1) is 5.92 Å². The van der Waals surface area contributed by atoms with Crippen molar-refractivity contribution >= 4 is 0 Å². The minimum atomic E-state index is 0.404. The van der Waals surface area contributed by atoms with E-state index in [0.717, 1.165) is 51.4 Å². The van der Waals surface area contributed by atoms with Gasteiger partial charge < -0.3 is 10.1 Å². The number of methoxy groups -OCH3 is 1. The van der Waals surface area contributed by atoms with Crippen molar-refractivity contribution in [3.63, 3.8) is 0 Å². The monoisotopic (exact) mass is 281 g/mol. The molecule has 2 rings (SSSR count). The van der Waals surface area contributed by atoms with E-state index >= 15 is 0 Å². The maximum absolute atomic E-state index is 5.38. The summed E-state index contributed by atoms with van der Waals surface area (Å²) in [5, 5.41) is 11.8. The van der Waals surface area contributed by atoms with Gasteiger partial charge >= 0.3 is 0 Å². The molecule has 0 spiro atoms. The molecule has 2 heterocycles. The molecule has 1 saturated heterocycles. The summed E-state index contributed by atoms with van der Waals surface area (Å²) in [6.45, 7) is 10.3. The maximum atomic E-state index is 5.38. The average molecular weight is 281 g/mol. The topological polar surface area (TPSA) is 55.2 Å². The standard InChI is InChI=1S/C14H27N5O/c1-12(2)8-15-9-13-10-19(17-16-13)7-6-18-5-4-14(11-18)20-3/h10,12,14-15H,4-9,11H2,1-3H3. The first-order valence-corrected chi connectivity index (χ1v) is 7.52. The van der Waals surface area contributed by atoms with E-state index in [1.807, 2.05) is 10.9 Å². The maximum Gasteiger partial charge on any atom is 0.0964 e. The van der Waals surface area contributed by atoms with Crippen LogP contribution in [-0.4, -0.2) is 59.3 Å². The molecule has 0 saturated carbocycles. The Morgan fingerprint density at radius 2 is 2.30 bits per heavy atom. The predicted octanol–water partition coefficient (Wildman–Crippen LogP) is 0.744. The third-order valence-electron chi connectivity index (χ3n) is 3.65. The molecule has 1 aliphatic rings. The van der Waals surface area contributed by atoms with Crippen molar-refractivity contribution in [1.82, 2.24) is 25.2 Å². The lowest BCUT2D eigenvalue weighted by atomic mass is 10.2. The van der Waals surface area contributed by atoms with Crippen molar-refractivity contribution in [2.24, 2.45) is 5.92 Å². The van der Waals surface area contributed by atoms with Gasteiger partial charge in [0.1, 0.15) is 0 Å². The van der Waals surface area contributed by atoms with Gasteiger partial charge in [0.15, 0.2) is 0 Å². The van der Waals surface area contributed by atoms with E-state index in [4.69, 9.17) is 4.74 Å². The second kappa shape index (κ2) is 7.71. The van der Waals surface area contributed by atoms with E-state index in [1.54, 1.807) is 7.11 Å². The van der Waals surface area contributed by atoms with Crippen LogP contribution in [0.5, 0.6) is 0 Å². The van der Waals surface area contributed by atoms with Crippen LogP contribution in [0.25, 0.3) is 0 Å². The summed E-state index contributed by atoms with van der Waals surface area (Å²) < 4.78 is 7.31. The van der Waals surface area contributed by atoms with Gasteiger partial charge in [0, 0.05) is 39.5 Å². The molecule has 1 fully saturated rings. The fourth-order valence-electron chi connectivity index (χ4n) is 2.45. The van der Waals surface area contributed by atoms with Crippen LogP contribution in [0.4, 0.5) is 0 Å². The highest BCUT2D eigenvalue weighted by Gasteiger charge is 2.21. The Morgan fingerprint density at radius 1 is 1.45 bits per heavy atom. The van der Waals surface area contributed by atoms with E-state index < -0.39 is 0 Å². The van der Waals surface area contributed by atoms with Crippen LogP contribution in [0.2, 0.25) is 0 Å². The molecule has 1 aromatic rings. The van der Waals surface area contributed by atoms with Crippen LogP contribution in [0.15, 0.2) is 6.20 Å². The van der Waals surface area contributed by atoms with E-state index in [-0.39, 0.29) is 0 Å². The van der Waals surface area contributed by atoms with E-state index in [9.17, 15) is 0 Å². The molecule has 0 radical (unpaired) electrons.